The molecule has 0 radical (unpaired) electrons. The second kappa shape index (κ2) is 9.74. The molecule has 1 fully saturated rings. The van der Waals surface area contributed by atoms with Crippen LogP contribution in [0.4, 0.5) is 10.1 Å². The number of rotatable bonds is 8. The molecule has 0 N–H and O–H groups in total. The second-order valence-corrected chi connectivity index (χ2v) is 9.59. The first-order valence-corrected chi connectivity index (χ1v) is 12.2. The lowest BCUT2D eigenvalue weighted by molar-refractivity contribution is -0.122. The molecule has 0 saturated carbocycles. The Balaban J connectivity index is 1.70. The molecule has 3 aromatic rings. The van der Waals surface area contributed by atoms with E-state index in [9.17, 15) is 22.4 Å². The fourth-order valence-corrected chi connectivity index (χ4v) is 5.41. The van der Waals surface area contributed by atoms with Crippen LogP contribution in [0.5, 0.6) is 5.75 Å². The van der Waals surface area contributed by atoms with E-state index >= 15 is 0 Å². The van der Waals surface area contributed by atoms with Crippen LogP contribution in [-0.2, 0) is 26.2 Å². The molecule has 4 rings (SSSR count). The third-order valence-corrected chi connectivity index (χ3v) is 7.35. The van der Waals surface area contributed by atoms with E-state index in [1.54, 1.807) is 54.6 Å². The topological polar surface area (TPSA) is 84.0 Å². The molecule has 9 heteroatoms. The van der Waals surface area contributed by atoms with Crippen molar-refractivity contribution in [2.75, 3.05) is 11.5 Å². The van der Waals surface area contributed by atoms with Gasteiger partial charge < -0.3 is 4.74 Å². The molecule has 176 valence electrons. The number of anilines is 1. The van der Waals surface area contributed by atoms with Gasteiger partial charge in [-0.05, 0) is 61.0 Å². The largest absolute Gasteiger partial charge is 0.494 e. The zero-order valence-corrected chi connectivity index (χ0v) is 19.2. The number of hydrogen-bond donors (Lipinski definition) is 0. The molecule has 1 heterocycles. The van der Waals surface area contributed by atoms with Crippen LogP contribution in [0.15, 0.2) is 83.8 Å². The molecular weight excluding hydrogens is 459 g/mol. The van der Waals surface area contributed by atoms with Crippen molar-refractivity contribution in [3.8, 4) is 5.75 Å². The average Bonchev–Trinajstić information content (AvgIpc) is 3.12. The number of imide groups is 1. The molecule has 3 aromatic carbocycles. The number of hydrogen-bond acceptors (Lipinski definition) is 5. The van der Waals surface area contributed by atoms with E-state index in [0.29, 0.717) is 23.6 Å². The van der Waals surface area contributed by atoms with Gasteiger partial charge in [0.2, 0.25) is 15.9 Å². The van der Waals surface area contributed by atoms with Gasteiger partial charge in [0.05, 0.1) is 23.6 Å². The Kier molecular flexibility index (Phi) is 6.76. The molecule has 1 atom stereocenters. The van der Waals surface area contributed by atoms with Gasteiger partial charge in [0.25, 0.3) is 5.91 Å². The quantitative estimate of drug-likeness (QED) is 0.457. The SMILES string of the molecule is CCOc1ccc(N2C(=O)CC(N(Cc3ccccc3)S(=O)(=O)c3ccc(F)cc3)C2=O)cc1. The number of nitrogens with zero attached hydrogens (tertiary/aromatic N) is 2. The summed E-state index contributed by atoms with van der Waals surface area (Å²) in [7, 11) is -4.23. The van der Waals surface area contributed by atoms with Gasteiger partial charge >= 0.3 is 0 Å². The van der Waals surface area contributed by atoms with Gasteiger partial charge in [0, 0.05) is 6.54 Å². The van der Waals surface area contributed by atoms with Crippen molar-refractivity contribution in [3.05, 3.63) is 90.2 Å². The highest BCUT2D eigenvalue weighted by Crippen LogP contribution is 2.31. The molecule has 34 heavy (non-hydrogen) atoms. The molecule has 1 unspecified atom stereocenters. The Hall–Kier alpha value is -3.56. The summed E-state index contributed by atoms with van der Waals surface area (Å²) in [6.45, 7) is 2.19. The molecular formula is C25H23FN2O5S. The zero-order valence-electron chi connectivity index (χ0n) is 18.4. The van der Waals surface area contributed by atoms with E-state index in [1.807, 2.05) is 6.92 Å². The van der Waals surface area contributed by atoms with Crippen molar-refractivity contribution in [2.24, 2.45) is 0 Å². The van der Waals surface area contributed by atoms with Gasteiger partial charge in [-0.3, -0.25) is 9.59 Å². The zero-order chi connectivity index (χ0) is 24.3. The van der Waals surface area contributed by atoms with Gasteiger partial charge in [-0.15, -0.1) is 0 Å². The predicted molar refractivity (Wildman–Crippen MR) is 124 cm³/mol. The van der Waals surface area contributed by atoms with Gasteiger partial charge in [-0.25, -0.2) is 17.7 Å². The van der Waals surface area contributed by atoms with Crippen LogP contribution in [0.1, 0.15) is 18.9 Å². The predicted octanol–water partition coefficient (Wildman–Crippen LogP) is 3.75. The molecule has 0 aromatic heterocycles. The highest BCUT2D eigenvalue weighted by atomic mass is 32.2. The van der Waals surface area contributed by atoms with Crippen molar-refractivity contribution < 1.29 is 27.1 Å². The summed E-state index contributed by atoms with van der Waals surface area (Å²) < 4.78 is 47.0. The first kappa shape index (κ1) is 23.6. The molecule has 1 aliphatic heterocycles. The summed E-state index contributed by atoms with van der Waals surface area (Å²) in [6, 6.07) is 18.4. The summed E-state index contributed by atoms with van der Waals surface area (Å²) in [6.07, 6.45) is -0.306. The first-order chi connectivity index (χ1) is 16.3. The summed E-state index contributed by atoms with van der Waals surface area (Å²) >= 11 is 0. The number of benzene rings is 3. The minimum Gasteiger partial charge on any atom is -0.494 e. The van der Waals surface area contributed by atoms with Crippen LogP contribution in [0.3, 0.4) is 0 Å². The van der Waals surface area contributed by atoms with Gasteiger partial charge in [0.1, 0.15) is 17.6 Å². The number of halogens is 1. The molecule has 1 saturated heterocycles. The maximum absolute atomic E-state index is 13.6. The lowest BCUT2D eigenvalue weighted by atomic mass is 10.2. The number of amides is 2. The van der Waals surface area contributed by atoms with Crippen molar-refractivity contribution >= 4 is 27.5 Å². The normalized spacial score (nSPS) is 16.3. The van der Waals surface area contributed by atoms with E-state index in [0.717, 1.165) is 33.5 Å². The number of carbonyl (C=O) groups is 2. The highest BCUT2D eigenvalue weighted by Gasteiger charge is 2.47. The van der Waals surface area contributed by atoms with Crippen molar-refractivity contribution in [1.29, 1.82) is 0 Å². The fourth-order valence-electron chi connectivity index (χ4n) is 3.84. The van der Waals surface area contributed by atoms with Crippen LogP contribution >= 0.6 is 0 Å². The highest BCUT2D eigenvalue weighted by molar-refractivity contribution is 7.89. The van der Waals surface area contributed by atoms with E-state index in [-0.39, 0.29) is 17.9 Å². The molecule has 1 aliphatic rings. The Bertz CT molecular complexity index is 1280. The maximum atomic E-state index is 13.6. The van der Waals surface area contributed by atoms with Crippen molar-refractivity contribution in [2.45, 2.75) is 30.8 Å². The molecule has 0 bridgehead atoms. The van der Waals surface area contributed by atoms with E-state index in [2.05, 4.69) is 0 Å². The van der Waals surface area contributed by atoms with Crippen molar-refractivity contribution in [3.63, 3.8) is 0 Å². The Morgan fingerprint density at radius 3 is 2.24 bits per heavy atom. The monoisotopic (exact) mass is 482 g/mol. The number of sulfonamides is 1. The molecule has 7 nitrogen and oxygen atoms in total. The summed E-state index contributed by atoms with van der Waals surface area (Å²) in [5, 5.41) is 0. The van der Waals surface area contributed by atoms with Crippen LogP contribution < -0.4 is 9.64 Å². The van der Waals surface area contributed by atoms with Crippen LogP contribution in [0.2, 0.25) is 0 Å². The van der Waals surface area contributed by atoms with Gasteiger partial charge in [0.15, 0.2) is 0 Å². The van der Waals surface area contributed by atoms with Gasteiger partial charge in [-0.1, -0.05) is 30.3 Å². The first-order valence-electron chi connectivity index (χ1n) is 10.7. The van der Waals surface area contributed by atoms with Crippen molar-refractivity contribution in [1.82, 2.24) is 4.31 Å². The lowest BCUT2D eigenvalue weighted by Crippen LogP contribution is -2.45. The molecule has 0 aliphatic carbocycles. The second-order valence-electron chi connectivity index (χ2n) is 7.70. The van der Waals surface area contributed by atoms with Crippen LogP contribution in [-0.4, -0.2) is 37.2 Å². The van der Waals surface area contributed by atoms with Crippen LogP contribution in [0.25, 0.3) is 0 Å². The summed E-state index contributed by atoms with van der Waals surface area (Å²) in [5.74, 6) is -1.14. The molecule has 2 amide bonds. The van der Waals surface area contributed by atoms with E-state index in [4.69, 9.17) is 4.74 Å². The summed E-state index contributed by atoms with van der Waals surface area (Å²) in [5.41, 5.74) is 0.979. The number of ether oxygens (including phenoxy) is 1. The number of carbonyl (C=O) groups excluding carboxylic acids is 2. The minimum atomic E-state index is -4.23. The maximum Gasteiger partial charge on any atom is 0.252 e. The van der Waals surface area contributed by atoms with E-state index < -0.39 is 33.7 Å². The van der Waals surface area contributed by atoms with Gasteiger partial charge in [-0.2, -0.15) is 4.31 Å². The molecule has 0 spiro atoms. The Morgan fingerprint density at radius 1 is 0.971 bits per heavy atom. The Labute approximate surface area is 197 Å². The minimum absolute atomic E-state index is 0.124. The average molecular weight is 483 g/mol. The third kappa shape index (κ3) is 4.71. The Morgan fingerprint density at radius 2 is 1.62 bits per heavy atom. The lowest BCUT2D eigenvalue weighted by Gasteiger charge is -2.27. The fraction of sp³-hybridized carbons (Fsp3) is 0.200. The smallest absolute Gasteiger partial charge is 0.252 e. The van der Waals surface area contributed by atoms with E-state index in [1.165, 1.54) is 0 Å². The van der Waals surface area contributed by atoms with Crippen LogP contribution in [0, 0.1) is 5.82 Å². The summed E-state index contributed by atoms with van der Waals surface area (Å²) in [4.78, 5) is 27.1. The standard InChI is InChI=1S/C25H23FN2O5S/c1-2-33-21-12-10-20(11-13-21)28-24(29)16-23(25(28)30)27(17-18-6-4-3-5-7-18)34(31,32)22-14-8-19(26)9-15-22/h3-15,23H,2,16-17H2,1H3. The third-order valence-electron chi connectivity index (χ3n) is 5.48.